The Morgan fingerprint density at radius 1 is 1.12 bits per heavy atom. The van der Waals surface area contributed by atoms with Crippen LogP contribution in [0.15, 0.2) is 0 Å². The van der Waals surface area contributed by atoms with E-state index in [1.165, 1.54) is 0 Å². The van der Waals surface area contributed by atoms with Gasteiger partial charge in [-0.2, -0.15) is 0 Å². The molecule has 0 fully saturated rings. The Labute approximate surface area is 106 Å². The Kier molecular flexibility index (Phi) is 63.2. The largest absolute Gasteiger partial charge is 1.00 e. The third kappa shape index (κ3) is 67.6. The second-order valence-electron chi connectivity index (χ2n) is 0.346. The molecule has 0 aliphatic carbocycles. The second-order valence-corrected chi connectivity index (χ2v) is 0.346. The van der Waals surface area contributed by atoms with Crippen molar-refractivity contribution in [2.24, 2.45) is 0 Å². The topological polar surface area (TPSA) is 90.7 Å². The molecular weight excluding hydrogens is 172 g/mol. The molecule has 0 aromatic rings. The van der Waals surface area contributed by atoms with Crippen molar-refractivity contribution >= 4 is 58.2 Å². The summed E-state index contributed by atoms with van der Waals surface area (Å²) in [5.74, 6) is 0. The molecule has 0 bridgehead atoms. The maximum absolute atomic E-state index is 7.17. The van der Waals surface area contributed by atoms with E-state index in [1.807, 2.05) is 0 Å². The number of hydrogen-bond acceptors (Lipinski definition) is 4. The summed E-state index contributed by atoms with van der Waals surface area (Å²) in [5, 5.41) is 21.5. The van der Waals surface area contributed by atoms with Crippen molar-refractivity contribution in [1.82, 2.24) is 0 Å². The molecule has 0 radical (unpaired) electrons. The summed E-state index contributed by atoms with van der Waals surface area (Å²) in [5.41, 5.74) is 0. The summed E-state index contributed by atoms with van der Waals surface area (Å²) >= 11 is 0.535. The van der Waals surface area contributed by atoms with Gasteiger partial charge in [0, 0.05) is 0 Å². The van der Waals surface area contributed by atoms with Crippen LogP contribution in [-0.4, -0.2) is 75.0 Å². The Bertz CT molecular complexity index is 20.8. The van der Waals surface area contributed by atoms with E-state index in [0.29, 0.717) is 47.1 Å². The van der Waals surface area contributed by atoms with Gasteiger partial charge in [0.25, 0.3) is 0 Å². The Hall–Kier alpha value is 2.83. The van der Waals surface area contributed by atoms with Gasteiger partial charge in [0.2, 0.25) is 0 Å². The number of halogens is 1. The molecule has 0 heterocycles. The van der Waals surface area contributed by atoms with Crippen LogP contribution in [0, 0.1) is 0 Å². The number of hydrogen-bond donors (Lipinski definition) is 3. The van der Waals surface area contributed by atoms with Gasteiger partial charge in [0.15, 0.2) is 0 Å². The molecule has 0 aliphatic heterocycles. The molecule has 40 valence electrons. The van der Waals surface area contributed by atoms with Crippen LogP contribution < -0.4 is 29.6 Å². The van der Waals surface area contributed by atoms with E-state index in [-0.39, 0.29) is 35.0 Å². The van der Waals surface area contributed by atoms with Gasteiger partial charge >= 0.3 is 87.8 Å². The van der Waals surface area contributed by atoms with Crippen LogP contribution in [0.3, 0.4) is 0 Å². The van der Waals surface area contributed by atoms with Gasteiger partial charge in [-0.25, -0.2) is 0 Å². The molecule has 0 aromatic heterocycles. The van der Waals surface area contributed by atoms with Crippen molar-refractivity contribution < 1.29 is 50.1 Å². The van der Waals surface area contributed by atoms with E-state index < -0.39 is 7.32 Å². The summed E-state index contributed by atoms with van der Waals surface area (Å²) in [6.45, 7) is 0. The third-order valence-corrected chi connectivity index (χ3v) is 0. The molecule has 0 saturated carbocycles. The van der Waals surface area contributed by atoms with Crippen LogP contribution in [-0.2, 0) is 0 Å². The zero-order chi connectivity index (χ0) is 5.58. The van der Waals surface area contributed by atoms with Gasteiger partial charge in [0.05, 0.1) is 0 Å². The monoisotopic (exact) mass is 176 g/mol. The van der Waals surface area contributed by atoms with Crippen molar-refractivity contribution in [1.29, 1.82) is 0 Å². The SMILES string of the molecule is OB(O)O.[Cl][K].[Na+].[OH-]. The summed E-state index contributed by atoms with van der Waals surface area (Å²) in [7, 11) is -2.17. The maximum atomic E-state index is 7.17. The molecule has 0 spiro atoms. The minimum absolute atomic E-state index is 0. The van der Waals surface area contributed by atoms with Crippen LogP contribution in [0.1, 0.15) is 0 Å². The average molecular weight is 176 g/mol. The molecule has 0 rings (SSSR count). The first-order valence-corrected chi connectivity index (χ1v) is 5.45. The molecule has 0 unspecified atom stereocenters. The van der Waals surface area contributed by atoms with Crippen molar-refractivity contribution in [3.63, 3.8) is 0 Å². The van der Waals surface area contributed by atoms with Gasteiger partial charge in [-0.15, -0.1) is 0 Å². The maximum Gasteiger partial charge on any atom is 1.00 e. The molecular formula is H4BClKNaO4. The fraction of sp³-hybridized carbons (Fsp3) is 0. The van der Waals surface area contributed by atoms with Crippen LogP contribution in [0.25, 0.3) is 0 Å². The Morgan fingerprint density at radius 2 is 1.12 bits per heavy atom. The summed E-state index contributed by atoms with van der Waals surface area (Å²) in [6, 6.07) is 0. The molecule has 8 heavy (non-hydrogen) atoms. The van der Waals surface area contributed by atoms with Gasteiger partial charge in [-0.05, 0) is 0 Å². The first-order valence-electron chi connectivity index (χ1n) is 1.15. The quantitative estimate of drug-likeness (QED) is 0.323. The van der Waals surface area contributed by atoms with Crippen molar-refractivity contribution in [3.05, 3.63) is 0 Å². The number of rotatable bonds is 0. The smallest absolute Gasteiger partial charge is 0.870 e. The summed E-state index contributed by atoms with van der Waals surface area (Å²) < 4.78 is 4.83. The minimum Gasteiger partial charge on any atom is -0.870 e. The van der Waals surface area contributed by atoms with Gasteiger partial charge in [-0.3, -0.25) is 0 Å². The predicted molar refractivity (Wildman–Crippen MR) is 26.0 cm³/mol. The van der Waals surface area contributed by atoms with E-state index in [2.05, 4.69) is 0 Å². The molecule has 0 saturated heterocycles. The minimum atomic E-state index is -2.17. The van der Waals surface area contributed by atoms with E-state index >= 15 is 0 Å². The fourth-order valence-electron chi connectivity index (χ4n) is 0. The van der Waals surface area contributed by atoms with Gasteiger partial charge in [0.1, 0.15) is 0 Å². The summed E-state index contributed by atoms with van der Waals surface area (Å²) in [6.07, 6.45) is 0. The molecule has 0 aliphatic rings. The molecule has 0 aromatic carbocycles. The normalized spacial score (nSPS) is 4.25. The van der Waals surface area contributed by atoms with E-state index in [1.54, 1.807) is 0 Å². The molecule has 0 atom stereocenters. The predicted octanol–water partition coefficient (Wildman–Crippen LogP) is -4.92. The Balaban J connectivity index is -0.0000000183. The first kappa shape index (κ1) is 22.4. The zero-order valence-corrected chi connectivity index (χ0v) is 10.6. The van der Waals surface area contributed by atoms with Crippen LogP contribution >= 0.6 is 3.76 Å². The molecule has 0 amide bonds. The van der Waals surface area contributed by atoms with Crippen molar-refractivity contribution in [2.75, 3.05) is 0 Å². The molecule has 8 heteroatoms. The van der Waals surface area contributed by atoms with Crippen molar-refractivity contribution in [3.8, 4) is 0 Å². The van der Waals surface area contributed by atoms with Gasteiger partial charge in [-0.1, -0.05) is 0 Å². The molecule has 4 N–H and O–H groups in total. The van der Waals surface area contributed by atoms with E-state index in [9.17, 15) is 0 Å². The van der Waals surface area contributed by atoms with Gasteiger partial charge < -0.3 is 20.5 Å². The van der Waals surface area contributed by atoms with Crippen LogP contribution in [0.2, 0.25) is 0 Å². The molecule has 4 nitrogen and oxygen atoms in total. The zero-order valence-electron chi connectivity index (χ0n) is 4.74. The summed E-state index contributed by atoms with van der Waals surface area (Å²) in [4.78, 5) is 0. The second kappa shape index (κ2) is 22.5. The third-order valence-electron chi connectivity index (χ3n) is 0. The van der Waals surface area contributed by atoms with Crippen molar-refractivity contribution in [2.45, 2.75) is 0 Å². The van der Waals surface area contributed by atoms with E-state index in [4.69, 9.17) is 18.8 Å². The average Bonchev–Trinajstić information content (AvgIpc) is 1.41. The van der Waals surface area contributed by atoms with Crippen LogP contribution in [0.5, 0.6) is 0 Å². The van der Waals surface area contributed by atoms with Crippen LogP contribution in [0.4, 0.5) is 0 Å². The fourth-order valence-corrected chi connectivity index (χ4v) is 0. The first-order chi connectivity index (χ1) is 2.73. The standard InChI is InChI=1S/BH3O3.ClH.K.Na.H2O/c2-1(3)4;;;;/h2-4H;1H;;;1H2/q;;2*+1;/p-2. The Morgan fingerprint density at radius 3 is 1.12 bits per heavy atom. The van der Waals surface area contributed by atoms with E-state index in [0.717, 1.165) is 0 Å².